The highest BCUT2D eigenvalue weighted by Gasteiger charge is 2.19. The van der Waals surface area contributed by atoms with Gasteiger partial charge in [-0.3, -0.25) is 0 Å². The predicted molar refractivity (Wildman–Crippen MR) is 96.8 cm³/mol. The van der Waals surface area contributed by atoms with Gasteiger partial charge in [-0.15, -0.1) is 5.10 Å². The van der Waals surface area contributed by atoms with Crippen molar-refractivity contribution in [3.8, 4) is 17.0 Å². The second kappa shape index (κ2) is 6.82. The van der Waals surface area contributed by atoms with Gasteiger partial charge in [-0.1, -0.05) is 29.5 Å². The molecule has 0 spiro atoms. The maximum Gasteiger partial charge on any atom is 0.126 e. The topological polar surface area (TPSA) is 52.4 Å². The largest absolute Gasteiger partial charge is 0.496 e. The summed E-state index contributed by atoms with van der Waals surface area (Å²) in [5, 5.41) is 10.9. The molecule has 0 radical (unpaired) electrons. The Morgan fingerprint density at radius 3 is 2.84 bits per heavy atom. The van der Waals surface area contributed by atoms with Crippen LogP contribution in [0.5, 0.6) is 5.75 Å². The Hall–Kier alpha value is -2.44. The summed E-state index contributed by atoms with van der Waals surface area (Å²) < 4.78 is 13.2. The van der Waals surface area contributed by atoms with E-state index in [0.717, 1.165) is 47.5 Å². The van der Waals surface area contributed by atoms with E-state index in [-0.39, 0.29) is 6.10 Å². The average Bonchev–Trinajstić information content (AvgIpc) is 3.09. The maximum atomic E-state index is 5.82. The molecule has 1 saturated heterocycles. The summed E-state index contributed by atoms with van der Waals surface area (Å²) >= 11 is 0. The van der Waals surface area contributed by atoms with Gasteiger partial charge >= 0.3 is 0 Å². The van der Waals surface area contributed by atoms with Crippen LogP contribution in [0.4, 0.5) is 0 Å². The zero-order chi connectivity index (χ0) is 17.2. The fraction of sp³-hybridized carbons (Fsp3) is 0.368. The number of aromatic nitrogens is 3. The first-order valence-corrected chi connectivity index (χ1v) is 8.51. The van der Waals surface area contributed by atoms with Crippen molar-refractivity contribution >= 4 is 10.8 Å². The van der Waals surface area contributed by atoms with E-state index in [2.05, 4.69) is 34.4 Å². The van der Waals surface area contributed by atoms with Crippen LogP contribution in [0, 0.1) is 0 Å². The van der Waals surface area contributed by atoms with Crippen molar-refractivity contribution in [2.75, 3.05) is 33.9 Å². The van der Waals surface area contributed by atoms with Gasteiger partial charge in [-0.05, 0) is 24.6 Å². The van der Waals surface area contributed by atoms with Gasteiger partial charge in [-0.2, -0.15) is 0 Å². The number of hydrogen-bond donors (Lipinski definition) is 0. The smallest absolute Gasteiger partial charge is 0.126 e. The van der Waals surface area contributed by atoms with Gasteiger partial charge < -0.3 is 14.4 Å². The van der Waals surface area contributed by atoms with Crippen LogP contribution in [0.1, 0.15) is 0 Å². The van der Waals surface area contributed by atoms with Crippen LogP contribution in [0.15, 0.2) is 42.6 Å². The zero-order valence-electron chi connectivity index (χ0n) is 14.6. The van der Waals surface area contributed by atoms with Crippen LogP contribution < -0.4 is 4.74 Å². The molecule has 1 fully saturated rings. The van der Waals surface area contributed by atoms with Gasteiger partial charge in [0.2, 0.25) is 0 Å². The molecule has 1 aliphatic heterocycles. The molecule has 1 aliphatic rings. The van der Waals surface area contributed by atoms with Crippen molar-refractivity contribution in [2.24, 2.45) is 0 Å². The molecule has 6 heteroatoms. The monoisotopic (exact) mass is 338 g/mol. The first kappa shape index (κ1) is 16.1. The van der Waals surface area contributed by atoms with Crippen LogP contribution in [0.25, 0.3) is 22.0 Å². The van der Waals surface area contributed by atoms with E-state index >= 15 is 0 Å². The highest BCUT2D eigenvalue weighted by atomic mass is 16.5. The fourth-order valence-corrected chi connectivity index (χ4v) is 3.37. The molecule has 130 valence electrons. The SMILES string of the molecule is COc1ccc(-c2cn(CC3CN(C)CCO3)nn2)c2ccccc12. The Labute approximate surface area is 147 Å². The lowest BCUT2D eigenvalue weighted by molar-refractivity contribution is -0.0292. The van der Waals surface area contributed by atoms with Crippen molar-refractivity contribution < 1.29 is 9.47 Å². The second-order valence-electron chi connectivity index (χ2n) is 6.44. The molecule has 0 saturated carbocycles. The lowest BCUT2D eigenvalue weighted by Gasteiger charge is -2.29. The maximum absolute atomic E-state index is 5.82. The van der Waals surface area contributed by atoms with Crippen molar-refractivity contribution in [3.63, 3.8) is 0 Å². The average molecular weight is 338 g/mol. The standard InChI is InChI=1S/C19H22N4O2/c1-22-9-10-25-14(11-22)12-23-13-18(20-21-23)16-7-8-19(24-2)17-6-4-3-5-15(16)17/h3-8,13-14H,9-12H2,1-2H3. The van der Waals surface area contributed by atoms with Gasteiger partial charge in [0.05, 0.1) is 32.6 Å². The Morgan fingerprint density at radius 1 is 1.20 bits per heavy atom. The van der Waals surface area contributed by atoms with Crippen molar-refractivity contribution in [2.45, 2.75) is 12.6 Å². The number of ether oxygens (including phenoxy) is 2. The molecule has 0 aliphatic carbocycles. The number of morpholine rings is 1. The summed E-state index contributed by atoms with van der Waals surface area (Å²) in [5.41, 5.74) is 1.92. The van der Waals surface area contributed by atoms with Crippen molar-refractivity contribution in [1.82, 2.24) is 19.9 Å². The molecule has 4 rings (SSSR count). The second-order valence-corrected chi connectivity index (χ2v) is 6.44. The number of likely N-dealkylation sites (N-methyl/N-ethyl adjacent to an activating group) is 1. The molecule has 6 nitrogen and oxygen atoms in total. The number of rotatable bonds is 4. The van der Waals surface area contributed by atoms with Crippen molar-refractivity contribution in [1.29, 1.82) is 0 Å². The van der Waals surface area contributed by atoms with E-state index < -0.39 is 0 Å². The summed E-state index contributed by atoms with van der Waals surface area (Å²) in [6.07, 6.45) is 2.15. The van der Waals surface area contributed by atoms with E-state index in [0.29, 0.717) is 6.54 Å². The molecule has 25 heavy (non-hydrogen) atoms. The van der Waals surface area contributed by atoms with E-state index in [1.165, 1.54) is 0 Å². The highest BCUT2D eigenvalue weighted by molar-refractivity contribution is 5.99. The molecule has 1 atom stereocenters. The van der Waals surface area contributed by atoms with Crippen LogP contribution >= 0.6 is 0 Å². The predicted octanol–water partition coefficient (Wildman–Crippen LogP) is 2.44. The number of benzene rings is 2. The van der Waals surface area contributed by atoms with Gasteiger partial charge in [0.1, 0.15) is 11.4 Å². The van der Waals surface area contributed by atoms with E-state index in [1.54, 1.807) is 7.11 Å². The molecular formula is C19H22N4O2. The van der Waals surface area contributed by atoms with E-state index in [4.69, 9.17) is 9.47 Å². The number of hydrogen-bond acceptors (Lipinski definition) is 5. The summed E-state index contributed by atoms with van der Waals surface area (Å²) in [5.74, 6) is 0.866. The minimum atomic E-state index is 0.154. The summed E-state index contributed by atoms with van der Waals surface area (Å²) in [6.45, 7) is 3.38. The number of fused-ring (bicyclic) bond motifs is 1. The first-order chi connectivity index (χ1) is 12.2. The third-order valence-corrected chi connectivity index (χ3v) is 4.65. The first-order valence-electron chi connectivity index (χ1n) is 8.51. The molecule has 0 bridgehead atoms. The van der Waals surface area contributed by atoms with Gasteiger partial charge in [0.15, 0.2) is 0 Å². The lowest BCUT2D eigenvalue weighted by Crippen LogP contribution is -2.42. The summed E-state index contributed by atoms with van der Waals surface area (Å²) in [6, 6.07) is 12.2. The molecule has 0 amide bonds. The number of nitrogens with zero attached hydrogens (tertiary/aromatic N) is 4. The number of methoxy groups -OCH3 is 1. The molecule has 2 heterocycles. The summed E-state index contributed by atoms with van der Waals surface area (Å²) in [4.78, 5) is 2.28. The molecule has 0 N–H and O–H groups in total. The molecule has 3 aromatic rings. The van der Waals surface area contributed by atoms with Crippen LogP contribution in [0.3, 0.4) is 0 Å². The normalized spacial score (nSPS) is 18.6. The fourth-order valence-electron chi connectivity index (χ4n) is 3.37. The van der Waals surface area contributed by atoms with Gasteiger partial charge in [0.25, 0.3) is 0 Å². The van der Waals surface area contributed by atoms with Crippen LogP contribution in [-0.4, -0.2) is 59.9 Å². The summed E-state index contributed by atoms with van der Waals surface area (Å²) in [7, 11) is 3.81. The molecule has 2 aromatic carbocycles. The van der Waals surface area contributed by atoms with Gasteiger partial charge in [0, 0.05) is 24.0 Å². The quantitative estimate of drug-likeness (QED) is 0.731. The third-order valence-electron chi connectivity index (χ3n) is 4.65. The lowest BCUT2D eigenvalue weighted by atomic mass is 10.0. The minimum absolute atomic E-state index is 0.154. The third kappa shape index (κ3) is 3.23. The molecular weight excluding hydrogens is 316 g/mol. The van der Waals surface area contributed by atoms with Crippen LogP contribution in [-0.2, 0) is 11.3 Å². The van der Waals surface area contributed by atoms with E-state index in [1.807, 2.05) is 35.1 Å². The Morgan fingerprint density at radius 2 is 2.04 bits per heavy atom. The Kier molecular flexibility index (Phi) is 4.38. The minimum Gasteiger partial charge on any atom is -0.496 e. The van der Waals surface area contributed by atoms with E-state index in [9.17, 15) is 0 Å². The molecule has 1 unspecified atom stereocenters. The van der Waals surface area contributed by atoms with Gasteiger partial charge in [-0.25, -0.2) is 4.68 Å². The van der Waals surface area contributed by atoms with Crippen molar-refractivity contribution in [3.05, 3.63) is 42.6 Å². The Bertz CT molecular complexity index is 877. The molecule has 1 aromatic heterocycles. The highest BCUT2D eigenvalue weighted by Crippen LogP contribution is 2.33. The van der Waals surface area contributed by atoms with Crippen LogP contribution in [0.2, 0.25) is 0 Å². The zero-order valence-corrected chi connectivity index (χ0v) is 14.6. The Balaban J connectivity index is 1.63.